The first-order chi connectivity index (χ1) is 10.5. The van der Waals surface area contributed by atoms with Crippen molar-refractivity contribution in [1.29, 1.82) is 0 Å². The maximum atomic E-state index is 12.0. The molecule has 2 N–H and O–H groups in total. The van der Waals surface area contributed by atoms with E-state index in [-0.39, 0.29) is 12.5 Å². The van der Waals surface area contributed by atoms with Gasteiger partial charge in [-0.25, -0.2) is 4.79 Å². The van der Waals surface area contributed by atoms with Gasteiger partial charge in [0.2, 0.25) is 11.8 Å². The molecule has 0 aliphatic heterocycles. The van der Waals surface area contributed by atoms with Gasteiger partial charge in [-0.1, -0.05) is 19.1 Å². The Hall–Kier alpha value is -2.57. The molecule has 0 saturated heterocycles. The number of rotatable bonds is 6. The number of carbonyl (C=O) groups excluding carboxylic acids is 2. The van der Waals surface area contributed by atoms with Crippen LogP contribution < -0.4 is 16.4 Å². The van der Waals surface area contributed by atoms with Crippen LogP contribution in [0.1, 0.15) is 20.3 Å². The van der Waals surface area contributed by atoms with E-state index in [1.54, 1.807) is 31.2 Å². The van der Waals surface area contributed by atoms with E-state index in [0.717, 1.165) is 6.42 Å². The lowest BCUT2D eigenvalue weighted by Gasteiger charge is -2.13. The molecule has 1 atom stereocenters. The maximum Gasteiger partial charge on any atom is 0.420 e. The topological polar surface area (TPSA) is 93.3 Å². The van der Waals surface area contributed by atoms with E-state index in [1.807, 2.05) is 6.92 Å². The molecule has 22 heavy (non-hydrogen) atoms. The highest BCUT2D eigenvalue weighted by atomic mass is 16.4. The largest absolute Gasteiger partial charge is 0.420 e. The molecule has 2 amide bonds. The molecule has 1 aromatic heterocycles. The van der Waals surface area contributed by atoms with E-state index >= 15 is 0 Å². The normalized spacial score (nSPS) is 12.1. The van der Waals surface area contributed by atoms with Gasteiger partial charge in [-0.15, -0.1) is 0 Å². The van der Waals surface area contributed by atoms with Crippen molar-refractivity contribution < 1.29 is 14.0 Å². The van der Waals surface area contributed by atoms with Crippen molar-refractivity contribution in [2.24, 2.45) is 0 Å². The number of amides is 2. The predicted molar refractivity (Wildman–Crippen MR) is 81.4 cm³/mol. The van der Waals surface area contributed by atoms with E-state index in [4.69, 9.17) is 4.42 Å². The van der Waals surface area contributed by atoms with Crippen molar-refractivity contribution in [2.75, 3.05) is 6.54 Å². The van der Waals surface area contributed by atoms with Gasteiger partial charge in [0, 0.05) is 6.54 Å². The van der Waals surface area contributed by atoms with E-state index < -0.39 is 17.7 Å². The summed E-state index contributed by atoms with van der Waals surface area (Å²) in [6, 6.07) is 6.20. The van der Waals surface area contributed by atoms with Crippen molar-refractivity contribution in [3.05, 3.63) is 34.8 Å². The van der Waals surface area contributed by atoms with Crippen LogP contribution in [0, 0.1) is 0 Å². The maximum absolute atomic E-state index is 12.0. The van der Waals surface area contributed by atoms with Crippen molar-refractivity contribution in [2.45, 2.75) is 32.9 Å². The lowest BCUT2D eigenvalue weighted by atomic mass is 10.3. The first-order valence-electron chi connectivity index (χ1n) is 7.18. The standard InChI is InChI=1S/C15H19N3O4/c1-3-8-16-14(20)10(2)17-13(19)9-18-11-6-4-5-7-12(11)22-15(18)21/h4-7,10H,3,8-9H2,1-2H3,(H,16,20)(H,17,19)/t10-/m0/s1. The average molecular weight is 305 g/mol. The van der Waals surface area contributed by atoms with Crippen LogP contribution in [0.5, 0.6) is 0 Å². The third-order valence-electron chi connectivity index (χ3n) is 3.20. The SMILES string of the molecule is CCCNC(=O)[C@H](C)NC(=O)Cn1c(=O)oc2ccccc21. The Morgan fingerprint density at radius 2 is 2.05 bits per heavy atom. The zero-order valence-electron chi connectivity index (χ0n) is 12.6. The summed E-state index contributed by atoms with van der Waals surface area (Å²) in [7, 11) is 0. The highest BCUT2D eigenvalue weighted by Crippen LogP contribution is 2.11. The molecule has 118 valence electrons. The lowest BCUT2D eigenvalue weighted by molar-refractivity contribution is -0.128. The van der Waals surface area contributed by atoms with Gasteiger partial charge in [-0.2, -0.15) is 0 Å². The van der Waals surface area contributed by atoms with Gasteiger partial charge in [0.1, 0.15) is 12.6 Å². The van der Waals surface area contributed by atoms with Gasteiger partial charge in [0.15, 0.2) is 5.58 Å². The summed E-state index contributed by atoms with van der Waals surface area (Å²) in [4.78, 5) is 35.5. The molecule has 0 aliphatic carbocycles. The van der Waals surface area contributed by atoms with Crippen molar-refractivity contribution in [3.63, 3.8) is 0 Å². The highest BCUT2D eigenvalue weighted by Gasteiger charge is 2.17. The van der Waals surface area contributed by atoms with Crippen LogP contribution in [-0.4, -0.2) is 29.0 Å². The Morgan fingerprint density at radius 1 is 1.32 bits per heavy atom. The second-order valence-electron chi connectivity index (χ2n) is 5.00. The highest BCUT2D eigenvalue weighted by molar-refractivity contribution is 5.87. The van der Waals surface area contributed by atoms with Crippen LogP contribution in [0.2, 0.25) is 0 Å². The number of nitrogens with one attached hydrogen (secondary N) is 2. The molecule has 0 fully saturated rings. The fraction of sp³-hybridized carbons (Fsp3) is 0.400. The smallest absolute Gasteiger partial charge is 0.408 e. The van der Waals surface area contributed by atoms with E-state index in [2.05, 4.69) is 10.6 Å². The quantitative estimate of drug-likeness (QED) is 0.818. The summed E-state index contributed by atoms with van der Waals surface area (Å²) in [5.41, 5.74) is 0.972. The minimum Gasteiger partial charge on any atom is -0.408 e. The Morgan fingerprint density at radius 3 is 2.77 bits per heavy atom. The van der Waals surface area contributed by atoms with Crippen molar-refractivity contribution in [1.82, 2.24) is 15.2 Å². The van der Waals surface area contributed by atoms with Crippen LogP contribution in [0.25, 0.3) is 11.1 Å². The van der Waals surface area contributed by atoms with Gasteiger partial charge in [-0.3, -0.25) is 14.2 Å². The third kappa shape index (κ3) is 3.55. The van der Waals surface area contributed by atoms with E-state index in [0.29, 0.717) is 17.6 Å². The molecule has 1 heterocycles. The Bertz CT molecular complexity index is 732. The Labute approximate surface area is 127 Å². The minimum absolute atomic E-state index is 0.193. The van der Waals surface area contributed by atoms with Gasteiger partial charge in [0.05, 0.1) is 5.52 Å². The van der Waals surface area contributed by atoms with Gasteiger partial charge < -0.3 is 15.1 Å². The summed E-state index contributed by atoms with van der Waals surface area (Å²) >= 11 is 0. The number of aromatic nitrogens is 1. The van der Waals surface area contributed by atoms with Crippen molar-refractivity contribution in [3.8, 4) is 0 Å². The van der Waals surface area contributed by atoms with Crippen molar-refractivity contribution >= 4 is 22.9 Å². The molecular formula is C15H19N3O4. The van der Waals surface area contributed by atoms with E-state index in [9.17, 15) is 14.4 Å². The minimum atomic E-state index is -0.659. The summed E-state index contributed by atoms with van der Waals surface area (Å²) in [5, 5.41) is 5.26. The molecule has 7 nitrogen and oxygen atoms in total. The molecule has 0 unspecified atom stereocenters. The first kappa shape index (κ1) is 15.8. The van der Waals surface area contributed by atoms with Gasteiger partial charge in [0.25, 0.3) is 0 Å². The molecule has 0 aliphatic rings. The van der Waals surface area contributed by atoms with Crippen LogP contribution >= 0.6 is 0 Å². The molecule has 7 heteroatoms. The number of fused-ring (bicyclic) bond motifs is 1. The molecule has 1 aromatic carbocycles. The molecule has 2 rings (SSSR count). The summed E-state index contributed by atoms with van der Waals surface area (Å²) in [6.45, 7) is 3.91. The van der Waals surface area contributed by atoms with Gasteiger partial charge >= 0.3 is 5.76 Å². The summed E-state index contributed by atoms with van der Waals surface area (Å²) in [5.74, 6) is -1.27. The number of oxazole rings is 1. The number of para-hydroxylation sites is 2. The van der Waals surface area contributed by atoms with Crippen LogP contribution in [-0.2, 0) is 16.1 Å². The number of hydrogen-bond acceptors (Lipinski definition) is 4. The number of nitrogens with zero attached hydrogens (tertiary/aromatic N) is 1. The average Bonchev–Trinajstić information content (AvgIpc) is 2.80. The monoisotopic (exact) mass is 305 g/mol. The van der Waals surface area contributed by atoms with Gasteiger partial charge in [-0.05, 0) is 25.5 Å². The van der Waals surface area contributed by atoms with Crippen LogP contribution in [0.4, 0.5) is 0 Å². The molecule has 0 bridgehead atoms. The summed E-state index contributed by atoms with van der Waals surface area (Å²) < 4.78 is 6.29. The second kappa shape index (κ2) is 6.93. The fourth-order valence-electron chi connectivity index (χ4n) is 2.06. The predicted octanol–water partition coefficient (Wildman–Crippen LogP) is 0.625. The number of hydrogen-bond donors (Lipinski definition) is 2. The molecule has 0 saturated carbocycles. The third-order valence-corrected chi connectivity index (χ3v) is 3.20. The lowest BCUT2D eigenvalue weighted by Crippen LogP contribution is -2.46. The number of carbonyl (C=O) groups is 2. The Balaban J connectivity index is 2.04. The molecule has 2 aromatic rings. The Kier molecular flexibility index (Phi) is 4.98. The van der Waals surface area contributed by atoms with Crippen LogP contribution in [0.3, 0.4) is 0 Å². The molecule has 0 radical (unpaired) electrons. The molecular weight excluding hydrogens is 286 g/mol. The van der Waals surface area contributed by atoms with Crippen LogP contribution in [0.15, 0.2) is 33.5 Å². The molecule has 0 spiro atoms. The fourth-order valence-corrected chi connectivity index (χ4v) is 2.06. The zero-order chi connectivity index (χ0) is 16.1. The summed E-state index contributed by atoms with van der Waals surface area (Å²) in [6.07, 6.45) is 0.822. The number of benzene rings is 1. The second-order valence-corrected chi connectivity index (χ2v) is 5.00. The van der Waals surface area contributed by atoms with E-state index in [1.165, 1.54) is 4.57 Å². The zero-order valence-corrected chi connectivity index (χ0v) is 12.6. The first-order valence-corrected chi connectivity index (χ1v) is 7.18.